The fourth-order valence-electron chi connectivity index (χ4n) is 11.3. The van der Waals surface area contributed by atoms with Crippen LogP contribution in [-0.2, 0) is 23.7 Å². The highest BCUT2D eigenvalue weighted by Gasteiger charge is 2.51. The number of amides is 1. The summed E-state index contributed by atoms with van der Waals surface area (Å²) in [4.78, 5) is 13.4. The molecule has 2 aliphatic rings. The third kappa shape index (κ3) is 42.8. The molecule has 0 aromatic heterocycles. The monoisotopic (exact) mass is 1270 g/mol. The van der Waals surface area contributed by atoms with Crippen LogP contribution in [0.5, 0.6) is 0 Å². The van der Waals surface area contributed by atoms with Gasteiger partial charge in [-0.15, -0.1) is 0 Å². The molecule has 2 aliphatic heterocycles. The zero-order chi connectivity index (χ0) is 65.2. The lowest BCUT2D eigenvalue weighted by molar-refractivity contribution is -0.359. The number of aliphatic hydroxyl groups is 8. The van der Waals surface area contributed by atoms with E-state index in [1.807, 2.05) is 0 Å². The van der Waals surface area contributed by atoms with E-state index in [9.17, 15) is 45.6 Å². The third-order valence-corrected chi connectivity index (χ3v) is 17.0. The molecule has 518 valence electrons. The molecular formula is C76H131NO13. The number of ether oxygens (including phenoxy) is 4. The Bertz CT molecular complexity index is 1930. The van der Waals surface area contributed by atoms with Gasteiger partial charge in [0.15, 0.2) is 12.6 Å². The van der Waals surface area contributed by atoms with Crippen LogP contribution >= 0.6 is 0 Å². The summed E-state index contributed by atoms with van der Waals surface area (Å²) >= 11 is 0. The van der Waals surface area contributed by atoms with Crippen molar-refractivity contribution in [3.63, 3.8) is 0 Å². The van der Waals surface area contributed by atoms with Gasteiger partial charge in [-0.05, 0) is 83.5 Å². The molecule has 0 spiro atoms. The normalized spacial score (nSPS) is 23.6. The van der Waals surface area contributed by atoms with Crippen molar-refractivity contribution >= 4 is 5.91 Å². The molecule has 0 radical (unpaired) electrons. The van der Waals surface area contributed by atoms with Gasteiger partial charge in [0.1, 0.15) is 48.8 Å². The lowest BCUT2D eigenvalue weighted by Crippen LogP contribution is -2.65. The van der Waals surface area contributed by atoms with E-state index in [2.05, 4.69) is 129 Å². The van der Waals surface area contributed by atoms with Crippen LogP contribution in [0.4, 0.5) is 0 Å². The number of aliphatic hydroxyl groups excluding tert-OH is 8. The molecule has 0 aromatic carbocycles. The van der Waals surface area contributed by atoms with Crippen LogP contribution in [0, 0.1) is 0 Å². The second-order valence-corrected chi connectivity index (χ2v) is 25.0. The Morgan fingerprint density at radius 3 is 1.18 bits per heavy atom. The predicted octanol–water partition coefficient (Wildman–Crippen LogP) is 15.1. The molecule has 0 saturated carbocycles. The molecular weight excluding hydrogens is 1130 g/mol. The fraction of sp³-hybridized carbons (Fsp3) is 0.750. The Morgan fingerprint density at radius 1 is 0.411 bits per heavy atom. The summed E-state index contributed by atoms with van der Waals surface area (Å²) in [5, 5.41) is 87.6. The standard InChI is InChI=1S/C76H131NO13/c1-3-5-7-9-11-13-15-17-19-21-23-24-25-26-27-28-29-30-31-32-33-34-35-36-37-38-39-40-42-44-46-48-50-52-54-56-58-60-68(81)77-64(65(80)59-57-55-53-51-49-47-45-43-41-22-20-18-16-14-12-10-8-6-4-2)63-87-75-73(86)71(84)74(67(62-79)89-75)90-76-72(85)70(83)69(82)66(61-78)88-76/h5,7,11,13,17,19,23-24,26-27,29-30,32-33,35-36,38-39,64-67,69-76,78-80,82-86H,3-4,6,8-10,12,14-16,18,20-22,25,28,31,34,37,40-63H2,1-2H3,(H,77,81)/b7-5-,13-11-,19-17-,24-23-,27-26-,30-29-,33-32-,36-35-,39-38-. The van der Waals surface area contributed by atoms with Crippen molar-refractivity contribution in [1.29, 1.82) is 0 Å². The maximum absolute atomic E-state index is 13.4. The molecule has 0 bridgehead atoms. The molecule has 2 saturated heterocycles. The van der Waals surface area contributed by atoms with Gasteiger partial charge in [-0.1, -0.05) is 290 Å². The van der Waals surface area contributed by atoms with Gasteiger partial charge >= 0.3 is 0 Å². The van der Waals surface area contributed by atoms with Crippen molar-refractivity contribution in [1.82, 2.24) is 5.32 Å². The molecule has 14 heteroatoms. The summed E-state index contributed by atoms with van der Waals surface area (Å²) < 4.78 is 22.9. The summed E-state index contributed by atoms with van der Waals surface area (Å²) in [6.45, 7) is 2.76. The van der Waals surface area contributed by atoms with E-state index in [-0.39, 0.29) is 12.5 Å². The average Bonchev–Trinajstić information content (AvgIpc) is 1.58. The Kier molecular flexibility index (Phi) is 54.6. The number of unbranched alkanes of at least 4 members (excludes halogenated alkanes) is 27. The first kappa shape index (κ1) is 82.7. The Labute approximate surface area is 546 Å². The number of carbonyl (C=O) groups excluding carboxylic acids is 1. The highest BCUT2D eigenvalue weighted by atomic mass is 16.7. The van der Waals surface area contributed by atoms with E-state index < -0.39 is 86.8 Å². The van der Waals surface area contributed by atoms with Crippen LogP contribution in [0.3, 0.4) is 0 Å². The van der Waals surface area contributed by atoms with E-state index in [1.54, 1.807) is 0 Å². The van der Waals surface area contributed by atoms with Crippen LogP contribution in [-0.4, -0.2) is 140 Å². The molecule has 0 aliphatic carbocycles. The second-order valence-electron chi connectivity index (χ2n) is 25.0. The smallest absolute Gasteiger partial charge is 0.220 e. The first-order valence-electron chi connectivity index (χ1n) is 36.1. The number of rotatable bonds is 58. The van der Waals surface area contributed by atoms with E-state index >= 15 is 0 Å². The van der Waals surface area contributed by atoms with Crippen molar-refractivity contribution in [2.45, 2.75) is 344 Å². The maximum atomic E-state index is 13.4. The molecule has 90 heavy (non-hydrogen) atoms. The first-order chi connectivity index (χ1) is 44.1. The third-order valence-electron chi connectivity index (χ3n) is 17.0. The zero-order valence-corrected chi connectivity index (χ0v) is 56.3. The number of allylic oxidation sites excluding steroid dienone is 18. The highest BCUT2D eigenvalue weighted by molar-refractivity contribution is 5.76. The summed E-state index contributed by atoms with van der Waals surface area (Å²) in [6, 6.07) is -0.840. The molecule has 12 atom stereocenters. The van der Waals surface area contributed by atoms with Crippen LogP contribution in [0.25, 0.3) is 0 Å². The predicted molar refractivity (Wildman–Crippen MR) is 369 cm³/mol. The van der Waals surface area contributed by atoms with Crippen LogP contribution in [0.15, 0.2) is 109 Å². The van der Waals surface area contributed by atoms with Crippen molar-refractivity contribution in [3.8, 4) is 0 Å². The molecule has 1 amide bonds. The Hall–Kier alpha value is -3.35. The van der Waals surface area contributed by atoms with Gasteiger partial charge < -0.3 is 65.1 Å². The molecule has 2 rings (SSSR count). The zero-order valence-electron chi connectivity index (χ0n) is 56.3. The van der Waals surface area contributed by atoms with E-state index in [0.29, 0.717) is 19.3 Å². The van der Waals surface area contributed by atoms with Crippen molar-refractivity contribution in [3.05, 3.63) is 109 Å². The maximum Gasteiger partial charge on any atom is 0.220 e. The van der Waals surface area contributed by atoms with Gasteiger partial charge in [-0.25, -0.2) is 0 Å². The minimum atomic E-state index is -1.79. The van der Waals surface area contributed by atoms with Gasteiger partial charge in [0.2, 0.25) is 5.91 Å². The highest BCUT2D eigenvalue weighted by Crippen LogP contribution is 2.30. The quantitative estimate of drug-likeness (QED) is 0.0204. The molecule has 2 heterocycles. The lowest BCUT2D eigenvalue weighted by atomic mass is 9.97. The largest absolute Gasteiger partial charge is 0.394 e. The molecule has 0 aromatic rings. The molecule has 14 nitrogen and oxygen atoms in total. The van der Waals surface area contributed by atoms with E-state index in [0.717, 1.165) is 109 Å². The number of carbonyl (C=O) groups is 1. The molecule has 12 unspecified atom stereocenters. The van der Waals surface area contributed by atoms with Gasteiger partial charge in [0.25, 0.3) is 0 Å². The van der Waals surface area contributed by atoms with Crippen molar-refractivity contribution in [2.24, 2.45) is 0 Å². The van der Waals surface area contributed by atoms with Gasteiger partial charge in [0.05, 0.1) is 32.0 Å². The lowest BCUT2D eigenvalue weighted by Gasteiger charge is -2.46. The van der Waals surface area contributed by atoms with E-state index in [4.69, 9.17) is 18.9 Å². The van der Waals surface area contributed by atoms with Gasteiger partial charge in [-0.3, -0.25) is 4.79 Å². The van der Waals surface area contributed by atoms with Crippen molar-refractivity contribution in [2.75, 3.05) is 19.8 Å². The average molecular weight is 1270 g/mol. The summed E-state index contributed by atoms with van der Waals surface area (Å²) in [5.74, 6) is -0.215. The van der Waals surface area contributed by atoms with Crippen molar-refractivity contribution < 1.29 is 64.6 Å². The number of hydrogen-bond acceptors (Lipinski definition) is 13. The first-order valence-corrected chi connectivity index (χ1v) is 36.1. The van der Waals surface area contributed by atoms with Crippen LogP contribution in [0.1, 0.15) is 271 Å². The SMILES string of the molecule is CC/C=C\C/C=C\C/C=C\C/C=C\C/C=C\C/C=C\C/C=C\C/C=C\C/C=C\CCCCCCCCCCCC(=O)NC(COC1OC(CO)C(OC2OC(CO)C(O)C(O)C2O)C(O)C1O)C(O)CCCCCCCCCCCCCCCCCCCCC. The number of nitrogens with one attached hydrogen (secondary N) is 1. The Morgan fingerprint density at radius 2 is 0.767 bits per heavy atom. The minimum Gasteiger partial charge on any atom is -0.394 e. The summed E-state index contributed by atoms with van der Waals surface area (Å²) in [5.41, 5.74) is 0. The fourth-order valence-corrected chi connectivity index (χ4v) is 11.3. The minimum absolute atomic E-state index is 0.215. The van der Waals surface area contributed by atoms with Gasteiger partial charge in [0, 0.05) is 6.42 Å². The van der Waals surface area contributed by atoms with Crippen LogP contribution < -0.4 is 5.32 Å². The topological polar surface area (TPSA) is 228 Å². The molecule has 9 N–H and O–H groups in total. The number of hydrogen-bond donors (Lipinski definition) is 9. The second kappa shape index (κ2) is 59.4. The van der Waals surface area contributed by atoms with Gasteiger partial charge in [-0.2, -0.15) is 0 Å². The molecule has 2 fully saturated rings. The Balaban J connectivity index is 1.64. The summed E-state index contributed by atoms with van der Waals surface area (Å²) in [6.07, 6.45) is 68.1. The van der Waals surface area contributed by atoms with E-state index in [1.165, 1.54) is 128 Å². The summed E-state index contributed by atoms with van der Waals surface area (Å²) in [7, 11) is 0. The van der Waals surface area contributed by atoms with Crippen LogP contribution in [0.2, 0.25) is 0 Å².